The van der Waals surface area contributed by atoms with Crippen molar-refractivity contribution in [2.24, 2.45) is 11.8 Å². The summed E-state index contributed by atoms with van der Waals surface area (Å²) >= 11 is 5.71. The Morgan fingerprint density at radius 2 is 1.82 bits per heavy atom. The van der Waals surface area contributed by atoms with Crippen LogP contribution in [-0.4, -0.2) is 23.4 Å². The average molecular weight is 477 g/mol. The molecule has 0 radical (unpaired) electrons. The second kappa shape index (κ2) is 14.0. The minimum atomic E-state index is -0.377. The molecule has 0 saturated carbocycles. The summed E-state index contributed by atoms with van der Waals surface area (Å²) in [4.78, 5) is 13.6. The van der Waals surface area contributed by atoms with E-state index in [4.69, 9.17) is 16.9 Å². The maximum absolute atomic E-state index is 12.6. The van der Waals surface area contributed by atoms with Gasteiger partial charge in [0.15, 0.2) is 0 Å². The fourth-order valence-electron chi connectivity index (χ4n) is 3.50. The van der Waals surface area contributed by atoms with Crippen LogP contribution in [0, 0.1) is 41.7 Å². The average Bonchev–Trinajstić information content (AvgIpc) is 3.18. The Balaban J connectivity index is 0.000000251. The lowest BCUT2D eigenvalue weighted by molar-refractivity contribution is -0.129. The van der Waals surface area contributed by atoms with Crippen LogP contribution in [0.2, 0.25) is 5.02 Å². The Kier molecular flexibility index (Phi) is 12.1. The van der Waals surface area contributed by atoms with E-state index in [0.29, 0.717) is 46.4 Å². The molecule has 0 spiro atoms. The molecule has 2 aromatic rings. The molecule has 1 amide bonds. The number of nitriles is 1. The van der Waals surface area contributed by atoms with E-state index in [1.165, 1.54) is 12.5 Å². The molecule has 1 saturated heterocycles. The van der Waals surface area contributed by atoms with E-state index in [0.717, 1.165) is 30.7 Å². The van der Waals surface area contributed by atoms with Gasteiger partial charge in [-0.2, -0.15) is 5.26 Å². The summed E-state index contributed by atoms with van der Waals surface area (Å²) in [7, 11) is 0. The fourth-order valence-corrected chi connectivity index (χ4v) is 3.78. The van der Waals surface area contributed by atoms with Crippen LogP contribution in [0.3, 0.4) is 0 Å². The van der Waals surface area contributed by atoms with Gasteiger partial charge in [-0.15, -0.1) is 0 Å². The number of rotatable bonds is 4. The van der Waals surface area contributed by atoms with E-state index in [1.807, 2.05) is 24.0 Å². The van der Waals surface area contributed by atoms with E-state index in [-0.39, 0.29) is 11.6 Å². The maximum atomic E-state index is 12.6. The standard InChI is InChI=1S/C11H21NO.C8H6ClN.C8H8F2/c1-5-9(4)10-6-11(13)12(7-10)8(2)3;1-6-2-3-7(5-10)8(9)4-6;1-2-6-5-7(9)3-4-8(6)10/h8-10H,5-7H2,1-4H3;2-4H,1H3;3-5H,2H2,1H3. The summed E-state index contributed by atoms with van der Waals surface area (Å²) in [6.07, 6.45) is 2.49. The van der Waals surface area contributed by atoms with E-state index >= 15 is 0 Å². The van der Waals surface area contributed by atoms with Crippen molar-refractivity contribution >= 4 is 17.5 Å². The lowest BCUT2D eigenvalue weighted by atomic mass is 9.91. The number of amides is 1. The van der Waals surface area contributed by atoms with Crippen LogP contribution in [-0.2, 0) is 11.2 Å². The van der Waals surface area contributed by atoms with Crippen LogP contribution >= 0.6 is 11.6 Å². The number of nitrogens with zero attached hydrogens (tertiary/aromatic N) is 2. The molecule has 0 N–H and O–H groups in total. The molecule has 1 heterocycles. The number of hydrogen-bond donors (Lipinski definition) is 0. The Labute approximate surface area is 202 Å². The molecule has 3 nitrogen and oxygen atoms in total. The van der Waals surface area contributed by atoms with Crippen molar-refractivity contribution < 1.29 is 13.6 Å². The number of likely N-dealkylation sites (tertiary alicyclic amines) is 1. The van der Waals surface area contributed by atoms with Crippen molar-refractivity contribution in [1.82, 2.24) is 4.90 Å². The highest BCUT2D eigenvalue weighted by Gasteiger charge is 2.33. The first kappa shape index (κ1) is 28.6. The van der Waals surface area contributed by atoms with Crippen molar-refractivity contribution in [3.05, 3.63) is 69.7 Å². The summed E-state index contributed by atoms with van der Waals surface area (Å²) in [6, 6.07) is 11.2. The minimum Gasteiger partial charge on any atom is -0.340 e. The quantitative estimate of drug-likeness (QED) is 0.463. The van der Waals surface area contributed by atoms with Gasteiger partial charge in [-0.1, -0.05) is 44.9 Å². The fraction of sp³-hybridized carbons (Fsp3) is 0.481. The summed E-state index contributed by atoms with van der Waals surface area (Å²) in [5.41, 5.74) is 2.04. The highest BCUT2D eigenvalue weighted by molar-refractivity contribution is 6.31. The molecule has 1 aliphatic rings. The number of carbonyl (C=O) groups excluding carboxylic acids is 1. The zero-order valence-electron chi connectivity index (χ0n) is 20.5. The summed E-state index contributed by atoms with van der Waals surface area (Å²) in [5.74, 6) is 0.926. The van der Waals surface area contributed by atoms with Gasteiger partial charge in [0.2, 0.25) is 5.91 Å². The van der Waals surface area contributed by atoms with E-state index in [1.54, 1.807) is 19.1 Å². The first-order chi connectivity index (χ1) is 15.5. The SMILES string of the molecule is CCC(C)C1CC(=O)N(C(C)C)C1.CCc1cc(F)ccc1F.Cc1ccc(C#N)c(Cl)c1. The van der Waals surface area contributed by atoms with Crippen molar-refractivity contribution in [3.8, 4) is 6.07 Å². The molecule has 2 aromatic carbocycles. The zero-order valence-corrected chi connectivity index (χ0v) is 21.2. The Morgan fingerprint density at radius 3 is 2.27 bits per heavy atom. The second-order valence-electron chi connectivity index (χ2n) is 8.67. The van der Waals surface area contributed by atoms with Gasteiger partial charge in [-0.3, -0.25) is 4.79 Å². The largest absolute Gasteiger partial charge is 0.340 e. The Bertz CT molecular complexity index is 947. The van der Waals surface area contributed by atoms with Gasteiger partial charge in [0, 0.05) is 19.0 Å². The first-order valence-electron chi connectivity index (χ1n) is 11.4. The van der Waals surface area contributed by atoms with Crippen LogP contribution in [0.4, 0.5) is 8.78 Å². The summed E-state index contributed by atoms with van der Waals surface area (Å²) in [5, 5.41) is 9.00. The molecule has 2 unspecified atom stereocenters. The molecule has 6 heteroatoms. The maximum Gasteiger partial charge on any atom is 0.223 e. The molecule has 0 bridgehead atoms. The van der Waals surface area contributed by atoms with Gasteiger partial charge in [0.25, 0.3) is 0 Å². The molecule has 3 rings (SSSR count). The third kappa shape index (κ3) is 9.14. The summed E-state index contributed by atoms with van der Waals surface area (Å²) < 4.78 is 25.0. The number of benzene rings is 2. The second-order valence-corrected chi connectivity index (χ2v) is 9.08. The molecule has 0 aliphatic carbocycles. The van der Waals surface area contributed by atoms with Crippen molar-refractivity contribution in [3.63, 3.8) is 0 Å². The van der Waals surface area contributed by atoms with Gasteiger partial charge >= 0.3 is 0 Å². The van der Waals surface area contributed by atoms with Gasteiger partial charge in [-0.25, -0.2) is 8.78 Å². The summed E-state index contributed by atoms with van der Waals surface area (Å²) in [6.45, 7) is 13.3. The molecule has 1 fully saturated rings. The lowest BCUT2D eigenvalue weighted by Gasteiger charge is -2.22. The highest BCUT2D eigenvalue weighted by Crippen LogP contribution is 2.28. The number of hydrogen-bond acceptors (Lipinski definition) is 2. The Hall–Kier alpha value is -2.45. The van der Waals surface area contributed by atoms with E-state index < -0.39 is 0 Å². The van der Waals surface area contributed by atoms with Crippen LogP contribution < -0.4 is 0 Å². The van der Waals surface area contributed by atoms with Gasteiger partial charge in [0.05, 0.1) is 10.6 Å². The molecule has 0 aromatic heterocycles. The zero-order chi connectivity index (χ0) is 25.1. The monoisotopic (exact) mass is 476 g/mol. The lowest BCUT2D eigenvalue weighted by Crippen LogP contribution is -2.32. The molecular formula is C27H35ClF2N2O. The van der Waals surface area contributed by atoms with Crippen molar-refractivity contribution in [2.75, 3.05) is 6.54 Å². The van der Waals surface area contributed by atoms with E-state index in [9.17, 15) is 13.6 Å². The van der Waals surface area contributed by atoms with Gasteiger partial charge in [0.1, 0.15) is 17.7 Å². The highest BCUT2D eigenvalue weighted by atomic mass is 35.5. The third-order valence-electron chi connectivity index (χ3n) is 5.89. The smallest absolute Gasteiger partial charge is 0.223 e. The molecule has 33 heavy (non-hydrogen) atoms. The minimum absolute atomic E-state index is 0.330. The van der Waals surface area contributed by atoms with Gasteiger partial charge < -0.3 is 4.90 Å². The number of aryl methyl sites for hydroxylation is 2. The van der Waals surface area contributed by atoms with Crippen molar-refractivity contribution in [2.45, 2.75) is 66.8 Å². The molecular weight excluding hydrogens is 442 g/mol. The van der Waals surface area contributed by atoms with Crippen LogP contribution in [0.5, 0.6) is 0 Å². The normalized spacial score (nSPS) is 15.8. The molecule has 2 atom stereocenters. The van der Waals surface area contributed by atoms with Crippen molar-refractivity contribution in [1.29, 1.82) is 5.26 Å². The third-order valence-corrected chi connectivity index (χ3v) is 6.21. The predicted octanol–water partition coefficient (Wildman–Crippen LogP) is 7.34. The molecule has 1 aliphatic heterocycles. The molecule has 180 valence electrons. The Morgan fingerprint density at radius 1 is 1.15 bits per heavy atom. The van der Waals surface area contributed by atoms with Crippen LogP contribution in [0.15, 0.2) is 36.4 Å². The predicted molar refractivity (Wildman–Crippen MR) is 131 cm³/mol. The first-order valence-corrected chi connectivity index (χ1v) is 11.8. The van der Waals surface area contributed by atoms with Crippen LogP contribution in [0.25, 0.3) is 0 Å². The number of halogens is 3. The number of carbonyl (C=O) groups is 1. The van der Waals surface area contributed by atoms with Crippen LogP contribution in [0.1, 0.15) is 64.2 Å². The van der Waals surface area contributed by atoms with E-state index in [2.05, 4.69) is 27.7 Å². The topological polar surface area (TPSA) is 44.1 Å². The van der Waals surface area contributed by atoms with Gasteiger partial charge in [-0.05, 0) is 80.5 Å².